The minimum Gasteiger partial charge on any atom is -0.496 e. The van der Waals surface area contributed by atoms with E-state index in [1.165, 1.54) is 0 Å². The van der Waals surface area contributed by atoms with Crippen molar-refractivity contribution < 1.29 is 4.74 Å². The molecule has 0 amide bonds. The van der Waals surface area contributed by atoms with E-state index in [0.29, 0.717) is 6.42 Å². The third-order valence-corrected chi connectivity index (χ3v) is 3.53. The predicted octanol–water partition coefficient (Wildman–Crippen LogP) is 3.29. The molecule has 0 radical (unpaired) electrons. The van der Waals surface area contributed by atoms with Crippen molar-refractivity contribution in [3.05, 3.63) is 26.6 Å². The summed E-state index contributed by atoms with van der Waals surface area (Å²) in [6.45, 7) is 0. The Bertz CT molecular complexity index is 357. The molecule has 0 heterocycles. The van der Waals surface area contributed by atoms with Gasteiger partial charge in [0, 0.05) is 4.47 Å². The Morgan fingerprint density at radius 1 is 1.46 bits per heavy atom. The van der Waals surface area contributed by atoms with Gasteiger partial charge < -0.3 is 4.74 Å². The molecule has 0 saturated heterocycles. The molecular weight excluding hydrogens is 298 g/mol. The fourth-order valence-corrected chi connectivity index (χ4v) is 1.84. The van der Waals surface area contributed by atoms with Crippen molar-refractivity contribution in [2.45, 2.75) is 6.42 Å². The highest BCUT2D eigenvalue weighted by molar-refractivity contribution is 9.13. The first-order valence-electron chi connectivity index (χ1n) is 3.58. The largest absolute Gasteiger partial charge is 0.496 e. The van der Waals surface area contributed by atoms with Crippen molar-refractivity contribution in [3.8, 4) is 11.8 Å². The second kappa shape index (κ2) is 4.64. The normalized spacial score (nSPS) is 9.38. The smallest absolute Gasteiger partial charge is 0.134 e. The molecule has 0 aliphatic rings. The molecule has 0 aliphatic heterocycles. The number of halogens is 2. The van der Waals surface area contributed by atoms with Gasteiger partial charge in [0.1, 0.15) is 5.75 Å². The Labute approximate surface area is 93.8 Å². The van der Waals surface area contributed by atoms with Gasteiger partial charge in [-0.15, -0.1) is 0 Å². The van der Waals surface area contributed by atoms with Crippen molar-refractivity contribution >= 4 is 31.9 Å². The summed E-state index contributed by atoms with van der Waals surface area (Å²) < 4.78 is 6.90. The molecule has 0 N–H and O–H groups in total. The van der Waals surface area contributed by atoms with Gasteiger partial charge in [-0.05, 0) is 49.6 Å². The average molecular weight is 305 g/mol. The first-order chi connectivity index (χ1) is 6.19. The Morgan fingerprint density at radius 2 is 2.15 bits per heavy atom. The van der Waals surface area contributed by atoms with Crippen LogP contribution in [-0.2, 0) is 6.42 Å². The van der Waals surface area contributed by atoms with Gasteiger partial charge in [-0.3, -0.25) is 0 Å². The Kier molecular flexibility index (Phi) is 3.76. The number of methoxy groups -OCH3 is 1. The molecule has 0 bridgehead atoms. The van der Waals surface area contributed by atoms with E-state index in [9.17, 15) is 0 Å². The highest BCUT2D eigenvalue weighted by Gasteiger charge is 2.06. The zero-order valence-corrected chi connectivity index (χ0v) is 10.1. The quantitative estimate of drug-likeness (QED) is 0.840. The summed E-state index contributed by atoms with van der Waals surface area (Å²) in [5.41, 5.74) is 0.939. The Hall–Kier alpha value is -0.530. The van der Waals surface area contributed by atoms with E-state index in [1.807, 2.05) is 12.1 Å². The number of hydrogen-bond donors (Lipinski definition) is 0. The molecule has 1 rings (SSSR count). The number of rotatable bonds is 2. The van der Waals surface area contributed by atoms with Crippen LogP contribution in [0.1, 0.15) is 5.56 Å². The molecule has 0 saturated carbocycles. The monoisotopic (exact) mass is 303 g/mol. The third-order valence-electron chi connectivity index (χ3n) is 1.56. The van der Waals surface area contributed by atoms with Gasteiger partial charge in [0.25, 0.3) is 0 Å². The second-order valence-corrected chi connectivity index (χ2v) is 4.08. The Balaban J connectivity index is 3.16. The first kappa shape index (κ1) is 10.6. The van der Waals surface area contributed by atoms with E-state index in [0.717, 1.165) is 20.3 Å². The maximum Gasteiger partial charge on any atom is 0.134 e. The average Bonchev–Trinajstić information content (AvgIpc) is 2.11. The molecule has 0 atom stereocenters. The van der Waals surface area contributed by atoms with E-state index in [-0.39, 0.29) is 0 Å². The zero-order chi connectivity index (χ0) is 9.84. The summed E-state index contributed by atoms with van der Waals surface area (Å²) in [7, 11) is 1.60. The maximum absolute atomic E-state index is 8.53. The lowest BCUT2D eigenvalue weighted by molar-refractivity contribution is 0.411. The van der Waals surface area contributed by atoms with Crippen molar-refractivity contribution in [3.63, 3.8) is 0 Å². The van der Waals surface area contributed by atoms with Gasteiger partial charge in [-0.25, -0.2) is 0 Å². The van der Waals surface area contributed by atoms with Crippen LogP contribution in [0.25, 0.3) is 0 Å². The van der Waals surface area contributed by atoms with E-state index < -0.39 is 0 Å². The molecule has 0 spiro atoms. The summed E-state index contributed by atoms with van der Waals surface area (Å²) in [5.74, 6) is 0.736. The van der Waals surface area contributed by atoms with Crippen molar-refractivity contribution in [2.24, 2.45) is 0 Å². The highest BCUT2D eigenvalue weighted by Crippen LogP contribution is 2.33. The molecule has 0 aliphatic carbocycles. The highest BCUT2D eigenvalue weighted by atomic mass is 79.9. The van der Waals surface area contributed by atoms with E-state index in [1.54, 1.807) is 7.11 Å². The van der Waals surface area contributed by atoms with Gasteiger partial charge >= 0.3 is 0 Å². The summed E-state index contributed by atoms with van der Waals surface area (Å²) >= 11 is 6.74. The van der Waals surface area contributed by atoms with Crippen molar-refractivity contribution in [1.29, 1.82) is 5.26 Å². The fourth-order valence-electron chi connectivity index (χ4n) is 0.959. The van der Waals surface area contributed by atoms with Crippen LogP contribution in [0.15, 0.2) is 21.1 Å². The molecule has 13 heavy (non-hydrogen) atoms. The van der Waals surface area contributed by atoms with Crippen LogP contribution in [0.5, 0.6) is 5.75 Å². The lowest BCUT2D eigenvalue weighted by Gasteiger charge is -2.06. The maximum atomic E-state index is 8.53. The minimum absolute atomic E-state index is 0.391. The second-order valence-electron chi connectivity index (χ2n) is 2.43. The minimum atomic E-state index is 0.391. The summed E-state index contributed by atoms with van der Waals surface area (Å²) in [6, 6.07) is 5.83. The Morgan fingerprint density at radius 3 is 2.69 bits per heavy atom. The third kappa shape index (κ3) is 2.45. The molecular formula is C9H7Br2NO. The molecule has 68 valence electrons. The van der Waals surface area contributed by atoms with E-state index in [2.05, 4.69) is 37.9 Å². The summed E-state index contributed by atoms with van der Waals surface area (Å²) in [6.07, 6.45) is 0.391. The first-order valence-corrected chi connectivity index (χ1v) is 5.16. The molecule has 2 nitrogen and oxygen atoms in total. The van der Waals surface area contributed by atoms with Crippen LogP contribution < -0.4 is 4.74 Å². The van der Waals surface area contributed by atoms with Gasteiger partial charge in [0.2, 0.25) is 0 Å². The number of ether oxygens (including phenoxy) is 1. The molecule has 0 fully saturated rings. The van der Waals surface area contributed by atoms with E-state index >= 15 is 0 Å². The van der Waals surface area contributed by atoms with Crippen LogP contribution in [0, 0.1) is 11.3 Å². The van der Waals surface area contributed by atoms with Crippen molar-refractivity contribution in [1.82, 2.24) is 0 Å². The standard InChI is InChI=1S/C9H7Br2NO/c1-13-8-5-6(2-3-12)4-7(10)9(8)11/h4-5H,2H2,1H3. The lowest BCUT2D eigenvalue weighted by atomic mass is 10.1. The number of hydrogen-bond acceptors (Lipinski definition) is 2. The van der Waals surface area contributed by atoms with Gasteiger partial charge in [-0.1, -0.05) is 0 Å². The molecule has 4 heteroatoms. The molecule has 0 aromatic heterocycles. The summed E-state index contributed by atoms with van der Waals surface area (Å²) in [5, 5.41) is 8.53. The zero-order valence-electron chi connectivity index (χ0n) is 6.97. The van der Waals surface area contributed by atoms with Gasteiger partial charge in [0.05, 0.1) is 24.1 Å². The summed E-state index contributed by atoms with van der Waals surface area (Å²) in [4.78, 5) is 0. The lowest BCUT2D eigenvalue weighted by Crippen LogP contribution is -1.89. The molecule has 1 aromatic carbocycles. The number of nitrogens with zero attached hydrogens (tertiary/aromatic N) is 1. The van der Waals surface area contributed by atoms with E-state index in [4.69, 9.17) is 10.00 Å². The van der Waals surface area contributed by atoms with Crippen LogP contribution in [0.2, 0.25) is 0 Å². The SMILES string of the molecule is COc1cc(CC#N)cc(Br)c1Br. The van der Waals surface area contributed by atoms with Crippen LogP contribution in [-0.4, -0.2) is 7.11 Å². The van der Waals surface area contributed by atoms with Crippen LogP contribution >= 0.6 is 31.9 Å². The number of nitriles is 1. The topological polar surface area (TPSA) is 33.0 Å². The fraction of sp³-hybridized carbons (Fsp3) is 0.222. The van der Waals surface area contributed by atoms with Gasteiger partial charge in [-0.2, -0.15) is 5.26 Å². The van der Waals surface area contributed by atoms with Gasteiger partial charge in [0.15, 0.2) is 0 Å². The predicted molar refractivity (Wildman–Crippen MR) is 57.7 cm³/mol. The van der Waals surface area contributed by atoms with Crippen molar-refractivity contribution in [2.75, 3.05) is 7.11 Å². The van der Waals surface area contributed by atoms with Crippen LogP contribution in [0.3, 0.4) is 0 Å². The van der Waals surface area contributed by atoms with Crippen LogP contribution in [0.4, 0.5) is 0 Å². The molecule has 1 aromatic rings. The number of benzene rings is 1. The molecule has 0 unspecified atom stereocenters.